The van der Waals surface area contributed by atoms with E-state index in [4.69, 9.17) is 0 Å². The number of nitrogens with one attached hydrogen (secondary N) is 2. The number of rotatable bonds is 6. The fourth-order valence-corrected chi connectivity index (χ4v) is 2.85. The van der Waals surface area contributed by atoms with Gasteiger partial charge in [0.2, 0.25) is 11.8 Å². The van der Waals surface area contributed by atoms with Crippen LogP contribution in [0.3, 0.4) is 0 Å². The molecule has 7 nitrogen and oxygen atoms in total. The highest BCUT2D eigenvalue weighted by Crippen LogP contribution is 2.25. The molecule has 7 heteroatoms. The molecule has 2 amide bonds. The topological polar surface area (TPSA) is 101 Å². The summed E-state index contributed by atoms with van der Waals surface area (Å²) in [6.07, 6.45) is 4.12. The summed E-state index contributed by atoms with van der Waals surface area (Å²) in [4.78, 5) is 34.4. The minimum atomic E-state index is -0.672. The van der Waals surface area contributed by atoms with E-state index in [-0.39, 0.29) is 23.4 Å². The Morgan fingerprint density at radius 2 is 1.87 bits per heavy atom. The van der Waals surface area contributed by atoms with Crippen molar-refractivity contribution in [2.75, 3.05) is 7.05 Å². The van der Waals surface area contributed by atoms with Crippen molar-refractivity contribution in [2.24, 2.45) is 5.92 Å². The Morgan fingerprint density at radius 1 is 1.26 bits per heavy atom. The molecule has 1 aliphatic carbocycles. The molecular formula is C16H21N3O4. The zero-order valence-electron chi connectivity index (χ0n) is 13.1. The average molecular weight is 319 g/mol. The third-order valence-corrected chi connectivity index (χ3v) is 4.19. The lowest BCUT2D eigenvalue weighted by molar-refractivity contribution is -0.384. The Bertz CT molecular complexity index is 579. The number of hydrogen-bond donors (Lipinski definition) is 2. The molecule has 0 aliphatic heterocycles. The van der Waals surface area contributed by atoms with Gasteiger partial charge in [-0.15, -0.1) is 0 Å². The first kappa shape index (κ1) is 16.9. The van der Waals surface area contributed by atoms with Crippen molar-refractivity contribution in [2.45, 2.75) is 38.1 Å². The van der Waals surface area contributed by atoms with Gasteiger partial charge >= 0.3 is 0 Å². The van der Waals surface area contributed by atoms with Gasteiger partial charge in [-0.05, 0) is 18.4 Å². The van der Waals surface area contributed by atoms with Crippen LogP contribution < -0.4 is 10.6 Å². The Labute approximate surface area is 134 Å². The highest BCUT2D eigenvalue weighted by Gasteiger charge is 2.27. The first-order valence-corrected chi connectivity index (χ1v) is 7.76. The van der Waals surface area contributed by atoms with Gasteiger partial charge in [-0.2, -0.15) is 0 Å². The van der Waals surface area contributed by atoms with Gasteiger partial charge in [0.25, 0.3) is 5.69 Å². The van der Waals surface area contributed by atoms with Crippen LogP contribution in [0.25, 0.3) is 0 Å². The van der Waals surface area contributed by atoms with Gasteiger partial charge in [-0.25, -0.2) is 0 Å². The monoisotopic (exact) mass is 319 g/mol. The van der Waals surface area contributed by atoms with E-state index in [0.29, 0.717) is 6.42 Å². The van der Waals surface area contributed by atoms with E-state index in [9.17, 15) is 19.7 Å². The lowest BCUT2D eigenvalue weighted by atomic mass is 10.0. The normalized spacial score (nSPS) is 15.9. The van der Waals surface area contributed by atoms with Gasteiger partial charge in [-0.3, -0.25) is 19.7 Å². The van der Waals surface area contributed by atoms with Crippen molar-refractivity contribution >= 4 is 17.5 Å². The lowest BCUT2D eigenvalue weighted by Crippen LogP contribution is -2.48. The highest BCUT2D eigenvalue weighted by atomic mass is 16.6. The summed E-state index contributed by atoms with van der Waals surface area (Å²) in [5.41, 5.74) is 0.760. The summed E-state index contributed by atoms with van der Waals surface area (Å²) in [6.45, 7) is 0. The van der Waals surface area contributed by atoms with Crippen molar-refractivity contribution in [3.8, 4) is 0 Å². The third kappa shape index (κ3) is 4.51. The van der Waals surface area contributed by atoms with Crippen LogP contribution in [0.5, 0.6) is 0 Å². The summed E-state index contributed by atoms with van der Waals surface area (Å²) in [6, 6.07) is 5.34. The Balaban J connectivity index is 2.04. The maximum Gasteiger partial charge on any atom is 0.269 e. The molecule has 0 unspecified atom stereocenters. The van der Waals surface area contributed by atoms with Crippen molar-refractivity contribution in [1.29, 1.82) is 0 Å². The number of likely N-dealkylation sites (N-methyl/N-ethyl adjacent to an activating group) is 1. The van der Waals surface area contributed by atoms with Gasteiger partial charge in [0.1, 0.15) is 6.04 Å². The first-order valence-electron chi connectivity index (χ1n) is 7.76. The molecule has 1 aromatic carbocycles. The van der Waals surface area contributed by atoms with E-state index < -0.39 is 11.0 Å². The first-order chi connectivity index (χ1) is 11.0. The van der Waals surface area contributed by atoms with Crippen LogP contribution in [-0.4, -0.2) is 29.8 Å². The predicted octanol–water partition coefficient (Wildman–Crippen LogP) is 1.56. The second-order valence-corrected chi connectivity index (χ2v) is 5.78. The SMILES string of the molecule is CNC(=O)[C@H](Cc1ccc([N+](=O)[O-])cc1)NC(=O)C1CCCC1. The van der Waals surface area contributed by atoms with Crippen LogP contribution in [0.4, 0.5) is 5.69 Å². The number of carbonyl (C=O) groups is 2. The van der Waals surface area contributed by atoms with Gasteiger partial charge in [-0.1, -0.05) is 25.0 Å². The number of amides is 2. The minimum Gasteiger partial charge on any atom is -0.357 e. The fourth-order valence-electron chi connectivity index (χ4n) is 2.85. The molecule has 0 bridgehead atoms. The second kappa shape index (κ2) is 7.71. The molecular weight excluding hydrogens is 298 g/mol. The Morgan fingerprint density at radius 3 is 2.39 bits per heavy atom. The summed E-state index contributed by atoms with van der Waals surface area (Å²) in [5.74, 6) is -0.369. The van der Waals surface area contributed by atoms with Crippen molar-refractivity contribution in [3.05, 3.63) is 39.9 Å². The highest BCUT2D eigenvalue weighted by molar-refractivity contribution is 5.88. The molecule has 1 saturated carbocycles. The molecule has 1 aromatic rings. The average Bonchev–Trinajstić information content (AvgIpc) is 3.08. The van der Waals surface area contributed by atoms with Gasteiger partial charge in [0.15, 0.2) is 0 Å². The molecule has 2 rings (SSSR count). The summed E-state index contributed by atoms with van der Waals surface area (Å²) in [5, 5.41) is 16.0. The molecule has 1 fully saturated rings. The van der Waals surface area contributed by atoms with Crippen LogP contribution in [0.15, 0.2) is 24.3 Å². The number of benzene rings is 1. The molecule has 0 radical (unpaired) electrons. The molecule has 124 valence electrons. The molecule has 0 saturated heterocycles. The van der Waals surface area contributed by atoms with E-state index in [0.717, 1.165) is 31.2 Å². The van der Waals surface area contributed by atoms with E-state index >= 15 is 0 Å². The van der Waals surface area contributed by atoms with Crippen molar-refractivity contribution in [3.63, 3.8) is 0 Å². The minimum absolute atomic E-state index is 0.000217. The standard InChI is InChI=1S/C16H21N3O4/c1-17-16(21)14(18-15(20)12-4-2-3-5-12)10-11-6-8-13(9-7-11)19(22)23/h6-9,12,14H,2-5,10H2,1H3,(H,17,21)(H,18,20)/t14-/m0/s1. The Hall–Kier alpha value is -2.44. The van der Waals surface area contributed by atoms with Gasteiger partial charge < -0.3 is 10.6 Å². The summed E-state index contributed by atoms with van der Waals surface area (Å²) >= 11 is 0. The smallest absolute Gasteiger partial charge is 0.269 e. The molecule has 1 atom stereocenters. The quantitative estimate of drug-likeness (QED) is 0.613. The van der Waals surface area contributed by atoms with Gasteiger partial charge in [0, 0.05) is 31.5 Å². The van der Waals surface area contributed by atoms with Crippen molar-refractivity contribution < 1.29 is 14.5 Å². The van der Waals surface area contributed by atoms with E-state index in [2.05, 4.69) is 10.6 Å². The molecule has 0 heterocycles. The number of hydrogen-bond acceptors (Lipinski definition) is 4. The largest absolute Gasteiger partial charge is 0.357 e. The predicted molar refractivity (Wildman–Crippen MR) is 84.8 cm³/mol. The zero-order chi connectivity index (χ0) is 16.8. The lowest BCUT2D eigenvalue weighted by Gasteiger charge is -2.19. The van der Waals surface area contributed by atoms with Crippen LogP contribution in [-0.2, 0) is 16.0 Å². The number of nitro groups is 1. The van der Waals surface area contributed by atoms with E-state index in [1.54, 1.807) is 12.1 Å². The molecule has 2 N–H and O–H groups in total. The molecule has 1 aliphatic rings. The summed E-state index contributed by atoms with van der Waals surface area (Å²) < 4.78 is 0. The molecule has 0 aromatic heterocycles. The second-order valence-electron chi connectivity index (χ2n) is 5.78. The third-order valence-electron chi connectivity index (χ3n) is 4.19. The van der Waals surface area contributed by atoms with Crippen LogP contribution in [0.2, 0.25) is 0 Å². The zero-order valence-corrected chi connectivity index (χ0v) is 13.1. The van der Waals surface area contributed by atoms with Crippen LogP contribution >= 0.6 is 0 Å². The number of non-ortho nitro benzene ring substituents is 1. The Kier molecular flexibility index (Phi) is 5.67. The van der Waals surface area contributed by atoms with Gasteiger partial charge in [0.05, 0.1) is 4.92 Å². The number of nitro benzene ring substituents is 1. The molecule has 23 heavy (non-hydrogen) atoms. The summed E-state index contributed by atoms with van der Waals surface area (Å²) in [7, 11) is 1.52. The van der Waals surface area contributed by atoms with E-state index in [1.165, 1.54) is 19.2 Å². The number of carbonyl (C=O) groups excluding carboxylic acids is 2. The van der Waals surface area contributed by atoms with E-state index in [1.807, 2.05) is 0 Å². The maximum absolute atomic E-state index is 12.2. The molecule has 0 spiro atoms. The van der Waals surface area contributed by atoms with Crippen molar-refractivity contribution in [1.82, 2.24) is 10.6 Å². The van der Waals surface area contributed by atoms with Crippen LogP contribution in [0.1, 0.15) is 31.2 Å². The maximum atomic E-state index is 12.2. The fraction of sp³-hybridized carbons (Fsp3) is 0.500. The number of nitrogens with zero attached hydrogens (tertiary/aromatic N) is 1. The van der Waals surface area contributed by atoms with Crippen LogP contribution in [0, 0.1) is 16.0 Å².